The maximum Gasteiger partial charge on any atom is 0.405 e. The molecule has 0 aromatic heterocycles. The lowest BCUT2D eigenvalue weighted by Crippen LogP contribution is -2.24. The van der Waals surface area contributed by atoms with Gasteiger partial charge in [0.05, 0.1) is 6.61 Å². The molecular formula is C20H44NO3P. The minimum absolute atomic E-state index is 0.403. The van der Waals surface area contributed by atoms with Gasteiger partial charge in [0.15, 0.2) is 0 Å². The van der Waals surface area contributed by atoms with Crippen LogP contribution in [0.3, 0.4) is 0 Å². The summed E-state index contributed by atoms with van der Waals surface area (Å²) in [6.07, 6.45) is 15.9. The van der Waals surface area contributed by atoms with Crippen LogP contribution in [0.25, 0.3) is 0 Å². The smallest absolute Gasteiger partial charge is 0.312 e. The van der Waals surface area contributed by atoms with Crippen LogP contribution in [-0.2, 0) is 9.09 Å². The van der Waals surface area contributed by atoms with Crippen molar-refractivity contribution in [3.63, 3.8) is 0 Å². The number of hydrogen-bond acceptors (Lipinski definition) is 2. The van der Waals surface area contributed by atoms with Crippen molar-refractivity contribution in [2.75, 3.05) is 19.7 Å². The predicted octanol–water partition coefficient (Wildman–Crippen LogP) is 6.93. The molecule has 0 aromatic carbocycles. The molecule has 0 rings (SSSR count). The van der Waals surface area contributed by atoms with E-state index in [2.05, 4.69) is 20.8 Å². The van der Waals surface area contributed by atoms with Gasteiger partial charge in [-0.05, 0) is 19.3 Å². The van der Waals surface area contributed by atoms with Gasteiger partial charge < -0.3 is 4.89 Å². The third-order valence-electron chi connectivity index (χ3n) is 4.65. The topological polar surface area (TPSA) is 49.8 Å². The second kappa shape index (κ2) is 17.5. The van der Waals surface area contributed by atoms with E-state index >= 15 is 0 Å². The van der Waals surface area contributed by atoms with Crippen LogP contribution >= 0.6 is 7.75 Å². The van der Waals surface area contributed by atoms with Gasteiger partial charge in [-0.25, -0.2) is 9.24 Å². The number of nitrogens with zero attached hydrogens (tertiary/aromatic N) is 1. The maximum atomic E-state index is 12.6. The van der Waals surface area contributed by atoms with E-state index in [-0.39, 0.29) is 0 Å². The Bertz CT molecular complexity index is 314. The first kappa shape index (κ1) is 25.1. The highest BCUT2D eigenvalue weighted by molar-refractivity contribution is 7.50. The molecule has 0 fully saturated rings. The molecule has 0 aliphatic heterocycles. The van der Waals surface area contributed by atoms with E-state index in [1.165, 1.54) is 51.4 Å². The van der Waals surface area contributed by atoms with Crippen LogP contribution in [0, 0.1) is 0 Å². The number of hydrogen-bond donors (Lipinski definition) is 1. The minimum atomic E-state index is -3.63. The molecule has 0 saturated heterocycles. The fourth-order valence-corrected chi connectivity index (χ4v) is 4.27. The third kappa shape index (κ3) is 14.9. The Morgan fingerprint density at radius 3 is 1.56 bits per heavy atom. The van der Waals surface area contributed by atoms with Crippen molar-refractivity contribution in [2.45, 2.75) is 111 Å². The van der Waals surface area contributed by atoms with E-state index in [1.54, 1.807) is 4.67 Å². The van der Waals surface area contributed by atoms with Gasteiger partial charge in [0.2, 0.25) is 0 Å². The van der Waals surface area contributed by atoms with Crippen LogP contribution in [0.2, 0.25) is 0 Å². The van der Waals surface area contributed by atoms with Crippen molar-refractivity contribution in [3.05, 3.63) is 0 Å². The molecule has 25 heavy (non-hydrogen) atoms. The van der Waals surface area contributed by atoms with E-state index < -0.39 is 7.75 Å². The number of rotatable bonds is 19. The molecule has 0 radical (unpaired) electrons. The Balaban J connectivity index is 4.18. The van der Waals surface area contributed by atoms with Crippen molar-refractivity contribution < 1.29 is 14.0 Å². The van der Waals surface area contributed by atoms with Crippen LogP contribution in [-0.4, -0.2) is 29.3 Å². The van der Waals surface area contributed by atoms with Crippen molar-refractivity contribution >= 4 is 7.75 Å². The zero-order valence-corrected chi connectivity index (χ0v) is 18.1. The van der Waals surface area contributed by atoms with Gasteiger partial charge in [0, 0.05) is 13.1 Å². The molecule has 4 nitrogen and oxygen atoms in total. The SMILES string of the molecule is CCCCCCCCOP(=O)(O)N(CCCCCC)CCCCCC. The van der Waals surface area contributed by atoms with E-state index in [0.29, 0.717) is 19.7 Å². The molecule has 0 aliphatic carbocycles. The third-order valence-corrected chi connectivity index (χ3v) is 6.29. The van der Waals surface area contributed by atoms with Crippen LogP contribution in [0.5, 0.6) is 0 Å². The summed E-state index contributed by atoms with van der Waals surface area (Å²) < 4.78 is 19.8. The first-order valence-corrected chi connectivity index (χ1v) is 12.3. The van der Waals surface area contributed by atoms with Crippen LogP contribution in [0.4, 0.5) is 0 Å². The fraction of sp³-hybridized carbons (Fsp3) is 1.00. The lowest BCUT2D eigenvalue weighted by Gasteiger charge is -2.26. The molecule has 0 spiro atoms. The summed E-state index contributed by atoms with van der Waals surface area (Å²) in [5, 5.41) is 0. The van der Waals surface area contributed by atoms with Gasteiger partial charge in [-0.2, -0.15) is 0 Å². The minimum Gasteiger partial charge on any atom is -0.312 e. The van der Waals surface area contributed by atoms with Crippen molar-refractivity contribution in [1.29, 1.82) is 0 Å². The molecule has 1 unspecified atom stereocenters. The summed E-state index contributed by atoms with van der Waals surface area (Å²) >= 11 is 0. The lowest BCUT2D eigenvalue weighted by molar-refractivity contribution is 0.194. The highest BCUT2D eigenvalue weighted by Gasteiger charge is 2.28. The molecule has 0 aromatic rings. The molecule has 152 valence electrons. The Morgan fingerprint density at radius 1 is 0.680 bits per heavy atom. The average Bonchev–Trinajstić information content (AvgIpc) is 2.59. The number of unbranched alkanes of at least 4 members (excludes halogenated alkanes) is 11. The van der Waals surface area contributed by atoms with Crippen molar-refractivity contribution in [2.24, 2.45) is 0 Å². The second-order valence-electron chi connectivity index (χ2n) is 7.17. The summed E-state index contributed by atoms with van der Waals surface area (Å²) in [5.41, 5.74) is 0. The summed E-state index contributed by atoms with van der Waals surface area (Å²) in [4.78, 5) is 10.4. The average molecular weight is 378 g/mol. The van der Waals surface area contributed by atoms with Gasteiger partial charge in [-0.1, -0.05) is 91.4 Å². The first-order valence-electron chi connectivity index (χ1n) is 10.8. The largest absolute Gasteiger partial charge is 0.405 e. The van der Waals surface area contributed by atoms with Crippen LogP contribution < -0.4 is 0 Å². The second-order valence-corrected chi connectivity index (χ2v) is 8.97. The van der Waals surface area contributed by atoms with E-state index in [4.69, 9.17) is 4.52 Å². The Labute approximate surface area is 157 Å². The quantitative estimate of drug-likeness (QED) is 0.196. The summed E-state index contributed by atoms with van der Waals surface area (Å²) in [7, 11) is -3.63. The summed E-state index contributed by atoms with van der Waals surface area (Å²) in [5.74, 6) is 0. The van der Waals surface area contributed by atoms with Gasteiger partial charge >= 0.3 is 7.75 Å². The molecule has 0 aliphatic rings. The Kier molecular flexibility index (Phi) is 17.6. The molecule has 1 atom stereocenters. The van der Waals surface area contributed by atoms with Crippen LogP contribution in [0.15, 0.2) is 0 Å². The van der Waals surface area contributed by atoms with E-state index in [1.807, 2.05) is 0 Å². The van der Waals surface area contributed by atoms with Crippen molar-refractivity contribution in [1.82, 2.24) is 4.67 Å². The zero-order valence-electron chi connectivity index (χ0n) is 17.2. The summed E-state index contributed by atoms with van der Waals surface area (Å²) in [6, 6.07) is 0. The van der Waals surface area contributed by atoms with Gasteiger partial charge in [0.25, 0.3) is 0 Å². The van der Waals surface area contributed by atoms with E-state index in [0.717, 1.165) is 38.5 Å². The standard InChI is InChI=1S/C20H44NO3P/c1-4-7-10-13-14-17-20-24-25(22,23)21(18-15-11-8-5-2)19-16-12-9-6-3/h4-20H2,1-3H3,(H,22,23). The molecule has 0 bridgehead atoms. The van der Waals surface area contributed by atoms with E-state index in [9.17, 15) is 9.46 Å². The molecule has 1 N–H and O–H groups in total. The first-order chi connectivity index (χ1) is 12.1. The molecular weight excluding hydrogens is 333 g/mol. The van der Waals surface area contributed by atoms with Crippen LogP contribution in [0.1, 0.15) is 111 Å². The Hall–Kier alpha value is 0.110. The fourth-order valence-electron chi connectivity index (χ4n) is 2.95. The van der Waals surface area contributed by atoms with Gasteiger partial charge in [0.1, 0.15) is 0 Å². The molecule has 0 saturated carbocycles. The highest BCUT2D eigenvalue weighted by atomic mass is 31.2. The van der Waals surface area contributed by atoms with Crippen molar-refractivity contribution in [3.8, 4) is 0 Å². The molecule has 5 heteroatoms. The monoisotopic (exact) mass is 377 g/mol. The lowest BCUT2D eigenvalue weighted by atomic mass is 10.1. The zero-order chi connectivity index (χ0) is 18.8. The Morgan fingerprint density at radius 2 is 1.08 bits per heavy atom. The van der Waals surface area contributed by atoms with Gasteiger partial charge in [-0.15, -0.1) is 0 Å². The maximum absolute atomic E-state index is 12.6. The summed E-state index contributed by atoms with van der Waals surface area (Å²) in [6.45, 7) is 8.33. The molecule has 0 amide bonds. The normalized spacial score (nSPS) is 14.1. The molecule has 0 heterocycles. The van der Waals surface area contributed by atoms with Gasteiger partial charge in [-0.3, -0.25) is 4.52 Å². The predicted molar refractivity (Wildman–Crippen MR) is 109 cm³/mol. The highest BCUT2D eigenvalue weighted by Crippen LogP contribution is 2.46.